The average molecular weight is 420 g/mol. The molecule has 2 amide bonds. The Hall–Kier alpha value is -2.23. The Morgan fingerprint density at radius 1 is 1.27 bits per heavy atom. The summed E-state index contributed by atoms with van der Waals surface area (Å²) >= 11 is 12.7. The minimum absolute atomic E-state index is 0.00770. The highest BCUT2D eigenvalue weighted by molar-refractivity contribution is 8.18. The van der Waals surface area contributed by atoms with Gasteiger partial charge in [0.1, 0.15) is 6.54 Å². The molecule has 26 heavy (non-hydrogen) atoms. The van der Waals surface area contributed by atoms with Gasteiger partial charge in [0.05, 0.1) is 22.1 Å². The number of esters is 1. The first-order chi connectivity index (χ1) is 12.2. The number of amides is 2. The van der Waals surface area contributed by atoms with Gasteiger partial charge in [-0.3, -0.25) is 19.3 Å². The van der Waals surface area contributed by atoms with E-state index >= 15 is 0 Å². The van der Waals surface area contributed by atoms with E-state index < -0.39 is 36.2 Å². The number of aliphatic carboxylic acids is 1. The van der Waals surface area contributed by atoms with Gasteiger partial charge in [0.2, 0.25) is 0 Å². The lowest BCUT2D eigenvalue weighted by Gasteiger charge is -2.10. The summed E-state index contributed by atoms with van der Waals surface area (Å²) in [6, 6.07) is 2.80. The third-order valence-corrected chi connectivity index (χ3v) is 4.52. The molecule has 0 radical (unpaired) electrons. The lowest BCUT2D eigenvalue weighted by atomic mass is 10.2. The first-order valence-corrected chi connectivity index (χ1v) is 8.46. The highest BCUT2D eigenvalue weighted by atomic mass is 35.5. The van der Waals surface area contributed by atoms with Gasteiger partial charge in [0.15, 0.2) is 12.4 Å². The monoisotopic (exact) mass is 419 g/mol. The van der Waals surface area contributed by atoms with E-state index in [0.29, 0.717) is 17.3 Å². The van der Waals surface area contributed by atoms with Crippen molar-refractivity contribution in [2.45, 2.75) is 0 Å². The molecule has 1 heterocycles. The van der Waals surface area contributed by atoms with Crippen LogP contribution < -0.4 is 4.74 Å². The van der Waals surface area contributed by atoms with Crippen molar-refractivity contribution in [2.75, 3.05) is 20.3 Å². The fraction of sp³-hybridized carbons (Fsp3) is 0.200. The first-order valence-electron chi connectivity index (χ1n) is 6.88. The van der Waals surface area contributed by atoms with Gasteiger partial charge in [-0.25, -0.2) is 4.79 Å². The molecule has 0 unspecified atom stereocenters. The number of hydrogen-bond acceptors (Lipinski definition) is 7. The lowest BCUT2D eigenvalue weighted by Crippen LogP contribution is -2.34. The molecule has 1 aliphatic rings. The van der Waals surface area contributed by atoms with Crippen molar-refractivity contribution >= 4 is 64.1 Å². The number of ether oxygens (including phenoxy) is 2. The maximum absolute atomic E-state index is 12.2. The molecule has 1 aromatic carbocycles. The second kappa shape index (κ2) is 8.43. The molecule has 2 rings (SSSR count). The van der Waals surface area contributed by atoms with Crippen LogP contribution in [0.5, 0.6) is 5.75 Å². The fourth-order valence-corrected chi connectivity index (χ4v) is 3.37. The van der Waals surface area contributed by atoms with Crippen LogP contribution in [-0.2, 0) is 19.1 Å². The van der Waals surface area contributed by atoms with E-state index in [1.165, 1.54) is 18.2 Å². The minimum Gasteiger partial charge on any atom is -0.479 e. The molecule has 0 aliphatic carbocycles. The highest BCUT2D eigenvalue weighted by Crippen LogP contribution is 2.37. The van der Waals surface area contributed by atoms with Crippen molar-refractivity contribution in [3.63, 3.8) is 0 Å². The van der Waals surface area contributed by atoms with E-state index in [-0.39, 0.29) is 20.7 Å². The maximum atomic E-state index is 12.2. The van der Waals surface area contributed by atoms with Crippen LogP contribution in [0.1, 0.15) is 5.56 Å². The number of carboxylic acids is 1. The molecular formula is C15H11Cl2NO7S. The van der Waals surface area contributed by atoms with Crippen molar-refractivity contribution in [2.24, 2.45) is 0 Å². The van der Waals surface area contributed by atoms with Crippen molar-refractivity contribution in [1.29, 1.82) is 0 Å². The molecule has 0 spiro atoms. The van der Waals surface area contributed by atoms with Gasteiger partial charge in [-0.2, -0.15) is 0 Å². The molecule has 1 saturated heterocycles. The Labute approximate surface area is 161 Å². The van der Waals surface area contributed by atoms with Crippen LogP contribution in [0.3, 0.4) is 0 Å². The number of methoxy groups -OCH3 is 1. The van der Waals surface area contributed by atoms with Gasteiger partial charge in [-0.05, 0) is 35.5 Å². The van der Waals surface area contributed by atoms with Crippen LogP contribution in [-0.4, -0.2) is 53.4 Å². The van der Waals surface area contributed by atoms with Crippen LogP contribution in [0.25, 0.3) is 6.08 Å². The summed E-state index contributed by atoms with van der Waals surface area (Å²) in [5.41, 5.74) is 0.395. The second-order valence-electron chi connectivity index (χ2n) is 4.84. The number of carboxylic acid groups (broad SMARTS) is 1. The predicted molar refractivity (Wildman–Crippen MR) is 94.3 cm³/mol. The summed E-state index contributed by atoms with van der Waals surface area (Å²) in [7, 11) is 1.15. The number of hydrogen-bond donors (Lipinski definition) is 1. The smallest absolute Gasteiger partial charge is 0.341 e. The highest BCUT2D eigenvalue weighted by Gasteiger charge is 2.36. The van der Waals surface area contributed by atoms with Gasteiger partial charge in [0.25, 0.3) is 11.1 Å². The molecule has 1 N–H and O–H groups in total. The zero-order valence-electron chi connectivity index (χ0n) is 13.2. The first kappa shape index (κ1) is 20.1. The summed E-state index contributed by atoms with van der Waals surface area (Å²) < 4.78 is 9.44. The van der Waals surface area contributed by atoms with Crippen molar-refractivity contribution < 1.29 is 33.8 Å². The number of thioether (sulfide) groups is 1. The summed E-state index contributed by atoms with van der Waals surface area (Å²) in [6.45, 7) is -1.10. The van der Waals surface area contributed by atoms with Crippen LogP contribution in [0.15, 0.2) is 17.0 Å². The Morgan fingerprint density at radius 2 is 1.88 bits per heavy atom. The molecule has 1 fully saturated rings. The number of carbonyl (C=O) groups excluding carboxylic acids is 3. The molecule has 11 heteroatoms. The fourth-order valence-electron chi connectivity index (χ4n) is 1.92. The zero-order chi connectivity index (χ0) is 19.4. The Morgan fingerprint density at radius 3 is 2.42 bits per heavy atom. The van der Waals surface area contributed by atoms with E-state index in [0.717, 1.165) is 12.0 Å². The molecule has 1 aromatic rings. The zero-order valence-corrected chi connectivity index (χ0v) is 15.5. The Balaban J connectivity index is 2.24. The summed E-state index contributed by atoms with van der Waals surface area (Å²) in [5, 5.41) is 8.10. The van der Waals surface area contributed by atoms with Crippen molar-refractivity contribution in [1.82, 2.24) is 4.90 Å². The normalized spacial score (nSPS) is 15.5. The average Bonchev–Trinajstić information content (AvgIpc) is 2.81. The number of carbonyl (C=O) groups is 4. The van der Waals surface area contributed by atoms with Gasteiger partial charge >= 0.3 is 11.9 Å². The van der Waals surface area contributed by atoms with Gasteiger partial charge in [-0.1, -0.05) is 23.2 Å². The quantitative estimate of drug-likeness (QED) is 0.553. The topological polar surface area (TPSA) is 110 Å². The number of nitrogens with zero attached hydrogens (tertiary/aromatic N) is 1. The predicted octanol–water partition coefficient (Wildman–Crippen LogP) is 2.67. The molecule has 138 valence electrons. The van der Waals surface area contributed by atoms with Gasteiger partial charge in [-0.15, -0.1) is 0 Å². The van der Waals surface area contributed by atoms with E-state index in [1.807, 2.05) is 0 Å². The minimum atomic E-state index is -1.19. The molecule has 8 nitrogen and oxygen atoms in total. The van der Waals surface area contributed by atoms with E-state index in [1.54, 1.807) is 0 Å². The summed E-state index contributed by atoms with van der Waals surface area (Å²) in [5.74, 6) is -2.57. The third kappa shape index (κ3) is 4.69. The summed E-state index contributed by atoms with van der Waals surface area (Å²) in [4.78, 5) is 46.8. The molecule has 0 saturated carbocycles. The SMILES string of the molecule is COC(=O)CN1C(=O)S/C(=C\c2cc(Cl)c(OCC(=O)O)c(Cl)c2)C1=O. The van der Waals surface area contributed by atoms with Crippen molar-refractivity contribution in [3.05, 3.63) is 32.6 Å². The standard InChI is InChI=1S/C15H11Cl2NO7S/c1-24-12(21)5-18-14(22)10(26-15(18)23)4-7-2-8(16)13(9(17)3-7)25-6-11(19)20/h2-4H,5-6H2,1H3,(H,19,20)/b10-4-. The van der Waals surface area contributed by atoms with Gasteiger partial charge in [0, 0.05) is 0 Å². The number of halogens is 2. The molecular weight excluding hydrogens is 409 g/mol. The van der Waals surface area contributed by atoms with Crippen LogP contribution >= 0.6 is 35.0 Å². The molecule has 0 atom stereocenters. The second-order valence-corrected chi connectivity index (χ2v) is 6.65. The Kier molecular flexibility index (Phi) is 6.52. The molecule has 1 aliphatic heterocycles. The third-order valence-electron chi connectivity index (χ3n) is 3.05. The van der Waals surface area contributed by atoms with E-state index in [4.69, 9.17) is 33.0 Å². The van der Waals surface area contributed by atoms with Crippen LogP contribution in [0, 0.1) is 0 Å². The number of rotatable bonds is 6. The molecule has 0 aromatic heterocycles. The van der Waals surface area contributed by atoms with Crippen LogP contribution in [0.4, 0.5) is 4.79 Å². The number of imide groups is 1. The van der Waals surface area contributed by atoms with Gasteiger partial charge < -0.3 is 14.6 Å². The lowest BCUT2D eigenvalue weighted by molar-refractivity contribution is -0.143. The largest absolute Gasteiger partial charge is 0.479 e. The molecule has 0 bridgehead atoms. The summed E-state index contributed by atoms with van der Waals surface area (Å²) in [6.07, 6.45) is 1.38. The van der Waals surface area contributed by atoms with E-state index in [2.05, 4.69) is 4.74 Å². The number of benzene rings is 1. The van der Waals surface area contributed by atoms with E-state index in [9.17, 15) is 19.2 Å². The Bertz CT molecular complexity index is 801. The maximum Gasteiger partial charge on any atom is 0.341 e. The van der Waals surface area contributed by atoms with Crippen molar-refractivity contribution in [3.8, 4) is 5.75 Å². The van der Waals surface area contributed by atoms with Crippen LogP contribution in [0.2, 0.25) is 10.0 Å².